The van der Waals surface area contributed by atoms with Crippen LogP contribution in [-0.2, 0) is 6.42 Å². The smallest absolute Gasteiger partial charge is 0.356 e. The molecule has 70 valence electrons. The number of carboxylic acid groups (broad SMARTS) is 1. The molecule has 0 spiro atoms. The highest BCUT2D eigenvalue weighted by Gasteiger charge is 2.20. The van der Waals surface area contributed by atoms with E-state index in [1.165, 1.54) is 0 Å². The summed E-state index contributed by atoms with van der Waals surface area (Å²) in [4.78, 5) is 14.7. The summed E-state index contributed by atoms with van der Waals surface area (Å²) in [5.41, 5.74) is 0.170. The first-order valence-electron chi connectivity index (χ1n) is 4.49. The number of hydrogen-bond donors (Lipinski definition) is 1. The third-order valence-electron chi connectivity index (χ3n) is 2.53. The number of carbonyl (C=O) groups is 1. The molecule has 4 nitrogen and oxygen atoms in total. The van der Waals surface area contributed by atoms with Crippen molar-refractivity contribution in [1.82, 2.24) is 9.55 Å². The maximum absolute atomic E-state index is 10.6. The number of fused-ring (bicyclic) bond motifs is 1. The number of hydrogen-bond acceptors (Lipinski definition) is 2. The monoisotopic (exact) mass is 180 g/mol. The van der Waals surface area contributed by atoms with Gasteiger partial charge in [-0.15, -0.1) is 0 Å². The Balaban J connectivity index is 2.42. The maximum Gasteiger partial charge on any atom is 0.356 e. The van der Waals surface area contributed by atoms with Crippen molar-refractivity contribution in [3.8, 4) is 0 Å². The molecule has 2 rings (SSSR count). The van der Waals surface area contributed by atoms with E-state index in [1.807, 2.05) is 4.57 Å². The van der Waals surface area contributed by atoms with Gasteiger partial charge in [0, 0.05) is 18.7 Å². The van der Waals surface area contributed by atoms with Crippen LogP contribution in [0.2, 0.25) is 0 Å². The van der Waals surface area contributed by atoms with E-state index in [9.17, 15) is 4.79 Å². The van der Waals surface area contributed by atoms with Crippen molar-refractivity contribution in [2.75, 3.05) is 0 Å². The molecule has 0 saturated carbocycles. The first kappa shape index (κ1) is 8.29. The van der Waals surface area contributed by atoms with Gasteiger partial charge in [-0.1, -0.05) is 0 Å². The van der Waals surface area contributed by atoms with Crippen LogP contribution in [0.5, 0.6) is 0 Å². The van der Waals surface area contributed by atoms with Gasteiger partial charge in [0.1, 0.15) is 5.82 Å². The Morgan fingerprint density at radius 1 is 1.77 bits per heavy atom. The van der Waals surface area contributed by atoms with Crippen molar-refractivity contribution in [3.05, 3.63) is 17.7 Å². The Kier molecular flexibility index (Phi) is 1.83. The summed E-state index contributed by atoms with van der Waals surface area (Å²) in [5, 5.41) is 8.74. The lowest BCUT2D eigenvalue weighted by molar-refractivity contribution is 0.0691. The summed E-state index contributed by atoms with van der Waals surface area (Å²) in [5.74, 6) is -0.0229. The molecule has 2 heterocycles. The zero-order valence-corrected chi connectivity index (χ0v) is 7.53. The van der Waals surface area contributed by atoms with Gasteiger partial charge < -0.3 is 9.67 Å². The van der Waals surface area contributed by atoms with E-state index < -0.39 is 5.97 Å². The lowest BCUT2D eigenvalue weighted by Gasteiger charge is -2.20. The molecule has 1 aromatic rings. The number of aryl methyl sites for hydroxylation is 1. The largest absolute Gasteiger partial charge is 0.476 e. The zero-order chi connectivity index (χ0) is 9.42. The van der Waals surface area contributed by atoms with E-state index in [2.05, 4.69) is 11.9 Å². The molecular weight excluding hydrogens is 168 g/mol. The predicted octanol–water partition coefficient (Wildman–Crippen LogP) is 1.48. The van der Waals surface area contributed by atoms with Crippen LogP contribution < -0.4 is 0 Å². The first-order valence-corrected chi connectivity index (χ1v) is 4.49. The van der Waals surface area contributed by atoms with E-state index in [-0.39, 0.29) is 5.69 Å². The fraction of sp³-hybridized carbons (Fsp3) is 0.556. The fourth-order valence-electron chi connectivity index (χ4n) is 1.80. The quantitative estimate of drug-likeness (QED) is 0.712. The second-order valence-corrected chi connectivity index (χ2v) is 3.50. The number of carboxylic acids is 1. The molecule has 0 aromatic carbocycles. The van der Waals surface area contributed by atoms with Crippen molar-refractivity contribution in [1.29, 1.82) is 0 Å². The lowest BCUT2D eigenvalue weighted by Crippen LogP contribution is -2.14. The van der Waals surface area contributed by atoms with Gasteiger partial charge in [-0.05, 0) is 19.8 Å². The highest BCUT2D eigenvalue weighted by atomic mass is 16.4. The maximum atomic E-state index is 10.6. The molecule has 4 heteroatoms. The van der Waals surface area contributed by atoms with Gasteiger partial charge in [0.2, 0.25) is 0 Å². The molecule has 13 heavy (non-hydrogen) atoms. The van der Waals surface area contributed by atoms with Gasteiger partial charge in [0.05, 0.1) is 0 Å². The van der Waals surface area contributed by atoms with E-state index in [1.54, 1.807) is 6.20 Å². The van der Waals surface area contributed by atoms with Crippen LogP contribution in [0.15, 0.2) is 6.20 Å². The van der Waals surface area contributed by atoms with Gasteiger partial charge in [-0.3, -0.25) is 0 Å². The third-order valence-corrected chi connectivity index (χ3v) is 2.53. The van der Waals surface area contributed by atoms with Crippen LogP contribution in [-0.4, -0.2) is 20.6 Å². The highest BCUT2D eigenvalue weighted by Crippen LogP contribution is 2.23. The minimum atomic E-state index is -0.936. The SMILES string of the molecule is C[C@H]1CCCc2nc(C(=O)O)cn21. The molecule has 0 unspecified atom stereocenters. The summed E-state index contributed by atoms with van der Waals surface area (Å²) in [7, 11) is 0. The molecule has 1 aromatic heterocycles. The van der Waals surface area contributed by atoms with Crippen LogP contribution in [0.3, 0.4) is 0 Å². The minimum Gasteiger partial charge on any atom is -0.476 e. The summed E-state index contributed by atoms with van der Waals surface area (Å²) >= 11 is 0. The molecule has 0 amide bonds. The average molecular weight is 180 g/mol. The molecule has 1 aliphatic heterocycles. The molecule has 0 fully saturated rings. The molecule has 0 aliphatic carbocycles. The molecule has 0 radical (unpaired) electrons. The van der Waals surface area contributed by atoms with E-state index in [4.69, 9.17) is 5.11 Å². The number of aromatic carboxylic acids is 1. The van der Waals surface area contributed by atoms with Crippen LogP contribution in [0.1, 0.15) is 42.1 Å². The molecule has 1 atom stereocenters. The fourth-order valence-corrected chi connectivity index (χ4v) is 1.80. The topological polar surface area (TPSA) is 55.1 Å². The Hall–Kier alpha value is -1.32. The van der Waals surface area contributed by atoms with E-state index in [0.717, 1.165) is 25.1 Å². The van der Waals surface area contributed by atoms with Crippen LogP contribution in [0.25, 0.3) is 0 Å². The normalized spacial score (nSPS) is 21.2. The Labute approximate surface area is 76.2 Å². The van der Waals surface area contributed by atoms with Crippen molar-refractivity contribution >= 4 is 5.97 Å². The average Bonchev–Trinajstić information content (AvgIpc) is 2.49. The van der Waals surface area contributed by atoms with Gasteiger partial charge in [0.15, 0.2) is 5.69 Å². The van der Waals surface area contributed by atoms with Crippen molar-refractivity contribution in [2.24, 2.45) is 0 Å². The minimum absolute atomic E-state index is 0.170. The molecule has 0 saturated heterocycles. The van der Waals surface area contributed by atoms with Crippen molar-refractivity contribution in [3.63, 3.8) is 0 Å². The number of imidazole rings is 1. The third kappa shape index (κ3) is 1.32. The Morgan fingerprint density at radius 2 is 2.54 bits per heavy atom. The molecular formula is C9H12N2O2. The highest BCUT2D eigenvalue weighted by molar-refractivity contribution is 5.85. The van der Waals surface area contributed by atoms with Crippen molar-refractivity contribution in [2.45, 2.75) is 32.2 Å². The van der Waals surface area contributed by atoms with Gasteiger partial charge in [-0.2, -0.15) is 0 Å². The van der Waals surface area contributed by atoms with Gasteiger partial charge >= 0.3 is 5.97 Å². The second kappa shape index (κ2) is 2.87. The molecule has 0 bridgehead atoms. The second-order valence-electron chi connectivity index (χ2n) is 3.50. The summed E-state index contributed by atoms with van der Waals surface area (Å²) < 4.78 is 1.98. The van der Waals surface area contributed by atoms with Gasteiger partial charge in [-0.25, -0.2) is 9.78 Å². The van der Waals surface area contributed by atoms with Crippen molar-refractivity contribution < 1.29 is 9.90 Å². The number of nitrogens with zero attached hydrogens (tertiary/aromatic N) is 2. The van der Waals surface area contributed by atoms with Crippen LogP contribution >= 0.6 is 0 Å². The molecule has 1 N–H and O–H groups in total. The number of rotatable bonds is 1. The van der Waals surface area contributed by atoms with Crippen LogP contribution in [0, 0.1) is 0 Å². The predicted molar refractivity (Wildman–Crippen MR) is 46.8 cm³/mol. The number of aromatic nitrogens is 2. The standard InChI is InChI=1S/C9H12N2O2/c1-6-3-2-4-8-10-7(9(12)13)5-11(6)8/h5-6H,2-4H2,1H3,(H,12,13)/t6-/m0/s1. The summed E-state index contributed by atoms with van der Waals surface area (Å²) in [6.45, 7) is 2.09. The van der Waals surface area contributed by atoms with E-state index in [0.29, 0.717) is 6.04 Å². The van der Waals surface area contributed by atoms with Crippen LogP contribution in [0.4, 0.5) is 0 Å². The lowest BCUT2D eigenvalue weighted by atomic mass is 10.1. The summed E-state index contributed by atoms with van der Waals surface area (Å²) in [6.07, 6.45) is 4.76. The summed E-state index contributed by atoms with van der Waals surface area (Å²) in [6, 6.07) is 0.393. The first-order chi connectivity index (χ1) is 6.18. The van der Waals surface area contributed by atoms with E-state index >= 15 is 0 Å². The zero-order valence-electron chi connectivity index (χ0n) is 7.53. The Morgan fingerprint density at radius 3 is 3.15 bits per heavy atom. The Bertz CT molecular complexity index is 343. The molecule has 1 aliphatic rings. The van der Waals surface area contributed by atoms with Gasteiger partial charge in [0.25, 0.3) is 0 Å².